The largest absolute Gasteiger partial charge is 0.405 e. The fraction of sp³-hybridized carbons (Fsp3) is 0.462. The Kier molecular flexibility index (Phi) is 5.36. The Bertz CT molecular complexity index is 687. The molecule has 5 nitrogen and oxygen atoms in total. The van der Waals surface area contributed by atoms with Gasteiger partial charge in [-0.05, 0) is 12.3 Å². The smallest absolute Gasteiger partial charge is 0.361 e. The maximum atomic E-state index is 12.5. The van der Waals surface area contributed by atoms with E-state index in [1.807, 2.05) is 13.8 Å². The Hall–Kier alpha value is -1.54. The normalized spacial score (nSPS) is 13.2. The third-order valence-electron chi connectivity index (χ3n) is 3.20. The molecule has 0 radical (unpaired) electrons. The molecule has 10 heteroatoms. The molecule has 2 aromatic rings. The highest BCUT2D eigenvalue weighted by Gasteiger charge is 2.28. The van der Waals surface area contributed by atoms with E-state index in [0.29, 0.717) is 17.0 Å². The highest BCUT2D eigenvalue weighted by Crippen LogP contribution is 2.32. The minimum absolute atomic E-state index is 0.0401. The Balaban J connectivity index is 2.47. The van der Waals surface area contributed by atoms with Crippen molar-refractivity contribution in [2.24, 2.45) is 0 Å². The molecule has 23 heavy (non-hydrogen) atoms. The number of nitrogens with zero attached hydrogens (tertiary/aromatic N) is 4. The maximum Gasteiger partial charge on any atom is 0.405 e. The molecule has 0 spiro atoms. The predicted molar refractivity (Wildman–Crippen MR) is 82.4 cm³/mol. The van der Waals surface area contributed by atoms with Crippen LogP contribution in [0.3, 0.4) is 0 Å². The lowest BCUT2D eigenvalue weighted by Crippen LogP contribution is -2.23. The van der Waals surface area contributed by atoms with Gasteiger partial charge in [0.1, 0.15) is 17.5 Å². The molecule has 1 atom stereocenters. The number of anilines is 1. The van der Waals surface area contributed by atoms with E-state index in [1.165, 1.54) is 17.1 Å². The minimum Gasteiger partial charge on any atom is -0.361 e. The maximum absolute atomic E-state index is 12.5. The molecule has 2 aromatic heterocycles. The van der Waals surface area contributed by atoms with Gasteiger partial charge in [0.15, 0.2) is 0 Å². The van der Waals surface area contributed by atoms with Gasteiger partial charge in [0.05, 0.1) is 17.4 Å². The summed E-state index contributed by atoms with van der Waals surface area (Å²) in [7, 11) is 0. The van der Waals surface area contributed by atoms with Crippen LogP contribution in [0.5, 0.6) is 0 Å². The van der Waals surface area contributed by atoms with Crippen molar-refractivity contribution in [1.82, 2.24) is 19.7 Å². The van der Waals surface area contributed by atoms with Crippen LogP contribution in [0.1, 0.15) is 31.7 Å². The molecule has 0 amide bonds. The first-order valence-corrected chi connectivity index (χ1v) is 7.55. The van der Waals surface area contributed by atoms with Gasteiger partial charge in [-0.25, -0.2) is 4.68 Å². The molecule has 1 unspecified atom stereocenters. The summed E-state index contributed by atoms with van der Waals surface area (Å²) in [5.74, 6) is -0.0228. The van der Waals surface area contributed by atoms with E-state index in [4.69, 9.17) is 23.2 Å². The van der Waals surface area contributed by atoms with Gasteiger partial charge in [0, 0.05) is 5.56 Å². The quantitative estimate of drug-likeness (QED) is 0.792. The first-order chi connectivity index (χ1) is 10.7. The van der Waals surface area contributed by atoms with Crippen LogP contribution < -0.4 is 5.32 Å². The summed E-state index contributed by atoms with van der Waals surface area (Å²) in [4.78, 5) is 8.23. The van der Waals surface area contributed by atoms with Crippen LogP contribution in [0.25, 0.3) is 5.95 Å². The van der Waals surface area contributed by atoms with Crippen LogP contribution in [0.4, 0.5) is 19.0 Å². The van der Waals surface area contributed by atoms with E-state index >= 15 is 0 Å². The second kappa shape index (κ2) is 6.92. The Labute approximate surface area is 140 Å². The Morgan fingerprint density at radius 1 is 1.30 bits per heavy atom. The van der Waals surface area contributed by atoms with Crippen LogP contribution >= 0.6 is 23.2 Å². The number of nitrogens with one attached hydrogen (secondary N) is 1. The highest BCUT2D eigenvalue weighted by atomic mass is 35.5. The van der Waals surface area contributed by atoms with Crippen LogP contribution in [0, 0.1) is 0 Å². The van der Waals surface area contributed by atoms with Crippen molar-refractivity contribution in [3.05, 3.63) is 28.1 Å². The number of alkyl halides is 3. The van der Waals surface area contributed by atoms with Crippen molar-refractivity contribution in [1.29, 1.82) is 0 Å². The average molecular weight is 368 g/mol. The zero-order chi connectivity index (χ0) is 17.2. The fourth-order valence-electron chi connectivity index (χ4n) is 1.90. The molecule has 0 aromatic carbocycles. The van der Waals surface area contributed by atoms with Gasteiger partial charge in [0.25, 0.3) is 5.95 Å². The monoisotopic (exact) mass is 367 g/mol. The summed E-state index contributed by atoms with van der Waals surface area (Å²) in [5, 5.41) is 6.65. The zero-order valence-electron chi connectivity index (χ0n) is 12.3. The molecule has 0 aliphatic carbocycles. The SMILES string of the molecule is CCC(C)c1c(Cl)nc(-n2cc(Cl)cn2)nc1NCC(F)(F)F. The van der Waals surface area contributed by atoms with Gasteiger partial charge in [-0.2, -0.15) is 28.2 Å². The van der Waals surface area contributed by atoms with Gasteiger partial charge in [0.2, 0.25) is 0 Å². The summed E-state index contributed by atoms with van der Waals surface area (Å²) in [6, 6.07) is 0. The average Bonchev–Trinajstić information content (AvgIpc) is 2.89. The number of aromatic nitrogens is 4. The lowest BCUT2D eigenvalue weighted by Gasteiger charge is -2.18. The van der Waals surface area contributed by atoms with Crippen molar-refractivity contribution >= 4 is 29.0 Å². The topological polar surface area (TPSA) is 55.6 Å². The molecule has 0 saturated heterocycles. The lowest BCUT2D eigenvalue weighted by molar-refractivity contribution is -0.115. The van der Waals surface area contributed by atoms with Gasteiger partial charge in [-0.1, -0.05) is 37.0 Å². The summed E-state index contributed by atoms with van der Waals surface area (Å²) in [6.45, 7) is 2.52. The van der Waals surface area contributed by atoms with E-state index in [-0.39, 0.29) is 22.8 Å². The number of halogens is 5. The van der Waals surface area contributed by atoms with Gasteiger partial charge >= 0.3 is 6.18 Å². The number of hydrogen-bond acceptors (Lipinski definition) is 4. The molecular weight excluding hydrogens is 354 g/mol. The molecule has 0 saturated carbocycles. The van der Waals surface area contributed by atoms with Crippen molar-refractivity contribution < 1.29 is 13.2 Å². The lowest BCUT2D eigenvalue weighted by atomic mass is 10.0. The molecule has 0 aliphatic rings. The molecule has 1 N–H and O–H groups in total. The first kappa shape index (κ1) is 17.8. The van der Waals surface area contributed by atoms with Gasteiger partial charge < -0.3 is 5.32 Å². The fourth-order valence-corrected chi connectivity index (χ4v) is 2.39. The summed E-state index contributed by atoms with van der Waals surface area (Å²) in [5.41, 5.74) is 0.445. The second-order valence-corrected chi connectivity index (χ2v) is 5.75. The third kappa shape index (κ3) is 4.48. The van der Waals surface area contributed by atoms with E-state index in [2.05, 4.69) is 20.4 Å². The number of rotatable bonds is 5. The molecule has 0 bridgehead atoms. The van der Waals surface area contributed by atoms with E-state index < -0.39 is 12.7 Å². The van der Waals surface area contributed by atoms with Crippen LogP contribution in [-0.4, -0.2) is 32.5 Å². The summed E-state index contributed by atoms with van der Waals surface area (Å²) < 4.78 is 38.8. The highest BCUT2D eigenvalue weighted by molar-refractivity contribution is 6.30. The van der Waals surface area contributed by atoms with Crippen molar-refractivity contribution in [3.63, 3.8) is 0 Å². The van der Waals surface area contributed by atoms with E-state index in [1.54, 1.807) is 0 Å². The Morgan fingerprint density at radius 3 is 2.52 bits per heavy atom. The third-order valence-corrected chi connectivity index (χ3v) is 3.69. The zero-order valence-corrected chi connectivity index (χ0v) is 13.8. The minimum atomic E-state index is -4.38. The second-order valence-electron chi connectivity index (χ2n) is 4.96. The molecule has 126 valence electrons. The van der Waals surface area contributed by atoms with E-state index in [9.17, 15) is 13.2 Å². The van der Waals surface area contributed by atoms with Crippen LogP contribution in [0.2, 0.25) is 10.2 Å². The molecular formula is C13H14Cl2F3N5. The van der Waals surface area contributed by atoms with Crippen molar-refractivity contribution in [3.8, 4) is 5.95 Å². The number of hydrogen-bond donors (Lipinski definition) is 1. The van der Waals surface area contributed by atoms with Crippen molar-refractivity contribution in [2.45, 2.75) is 32.4 Å². The molecule has 0 fully saturated rings. The Morgan fingerprint density at radius 2 is 2.00 bits per heavy atom. The molecule has 0 aliphatic heterocycles. The standard InChI is InChI=1S/C13H14Cl2F3N5/c1-3-7(2)9-10(15)21-12(23-5-8(14)4-20-23)22-11(9)19-6-13(16,17)18/h4-5,7H,3,6H2,1-2H3,(H,19,21,22). The van der Waals surface area contributed by atoms with E-state index in [0.717, 1.165) is 0 Å². The van der Waals surface area contributed by atoms with Crippen LogP contribution in [0.15, 0.2) is 12.4 Å². The van der Waals surface area contributed by atoms with Gasteiger partial charge in [-0.3, -0.25) is 0 Å². The van der Waals surface area contributed by atoms with Crippen LogP contribution in [-0.2, 0) is 0 Å². The van der Waals surface area contributed by atoms with Gasteiger partial charge in [-0.15, -0.1) is 0 Å². The predicted octanol–water partition coefficient (Wildman–Crippen LogP) is 4.46. The molecule has 2 rings (SSSR count). The van der Waals surface area contributed by atoms with Crippen molar-refractivity contribution in [2.75, 3.05) is 11.9 Å². The summed E-state index contributed by atoms with van der Waals surface area (Å²) >= 11 is 11.9. The summed E-state index contributed by atoms with van der Waals surface area (Å²) in [6.07, 6.45) is -0.899. The molecule has 2 heterocycles. The first-order valence-electron chi connectivity index (χ1n) is 6.80.